The number of hydrogen-bond acceptors (Lipinski definition) is 2. The standard InChI is InChI=1S/C48H30N2O2/c1-3-12-31(13-4-1)33-22-24-35(25-23-33)49-41-20-9-7-18-37(41)39-26-28-43-47(45(39)49)51-44-29-27-40-38-19-8-10-21-42(38)50(46(40)48(44)52-43)36-17-11-16-34(30-36)32-14-5-2-6-15-32/h1-30H. The molecule has 0 spiro atoms. The molecule has 4 nitrogen and oxygen atoms in total. The molecular formula is C48H30N2O2. The van der Waals surface area contributed by atoms with E-state index in [1.807, 2.05) is 6.07 Å². The second-order valence-corrected chi connectivity index (χ2v) is 13.3. The number of ether oxygens (including phenoxy) is 2. The van der Waals surface area contributed by atoms with E-state index in [4.69, 9.17) is 9.47 Å². The van der Waals surface area contributed by atoms with Gasteiger partial charge in [0.25, 0.3) is 0 Å². The summed E-state index contributed by atoms with van der Waals surface area (Å²) in [6, 6.07) is 64.0. The van der Waals surface area contributed by atoms with Crippen LogP contribution in [-0.2, 0) is 0 Å². The quantitative estimate of drug-likeness (QED) is 0.187. The van der Waals surface area contributed by atoms with Gasteiger partial charge in [-0.2, -0.15) is 0 Å². The highest BCUT2D eigenvalue weighted by Gasteiger charge is 2.29. The fourth-order valence-corrected chi connectivity index (χ4v) is 8.02. The molecule has 0 N–H and O–H groups in total. The molecule has 1 aliphatic heterocycles. The van der Waals surface area contributed by atoms with Crippen LogP contribution >= 0.6 is 0 Å². The van der Waals surface area contributed by atoms with Gasteiger partial charge in [0.1, 0.15) is 11.0 Å². The van der Waals surface area contributed by atoms with E-state index in [2.05, 4.69) is 185 Å². The Balaban J connectivity index is 1.11. The Bertz CT molecular complexity index is 2990. The summed E-state index contributed by atoms with van der Waals surface area (Å²) in [6.45, 7) is 0. The molecule has 0 saturated heterocycles. The maximum Gasteiger partial charge on any atom is 0.194 e. The van der Waals surface area contributed by atoms with Gasteiger partial charge in [-0.15, -0.1) is 0 Å². The number of hydrogen-bond donors (Lipinski definition) is 0. The summed E-state index contributed by atoms with van der Waals surface area (Å²) in [4.78, 5) is 0. The van der Waals surface area contributed by atoms with Gasteiger partial charge in [0, 0.05) is 32.9 Å². The zero-order chi connectivity index (χ0) is 34.2. The van der Waals surface area contributed by atoms with Crippen molar-refractivity contribution in [1.29, 1.82) is 0 Å². The summed E-state index contributed by atoms with van der Waals surface area (Å²) >= 11 is 0. The van der Waals surface area contributed by atoms with Gasteiger partial charge < -0.3 is 18.6 Å². The van der Waals surface area contributed by atoms with Crippen LogP contribution in [0.3, 0.4) is 0 Å². The van der Waals surface area contributed by atoms with Gasteiger partial charge in [-0.05, 0) is 82.9 Å². The first kappa shape index (κ1) is 28.8. The molecule has 10 aromatic rings. The molecule has 0 radical (unpaired) electrons. The third-order valence-electron chi connectivity index (χ3n) is 10.4. The predicted octanol–water partition coefficient (Wildman–Crippen LogP) is 13.1. The molecule has 0 bridgehead atoms. The summed E-state index contributed by atoms with van der Waals surface area (Å²) in [5.74, 6) is 2.79. The Morgan fingerprint density at radius 2 is 0.769 bits per heavy atom. The van der Waals surface area contributed by atoms with Crippen LogP contribution < -0.4 is 9.47 Å². The average Bonchev–Trinajstić information content (AvgIpc) is 3.75. The number of aromatic nitrogens is 2. The van der Waals surface area contributed by atoms with Gasteiger partial charge in [0.05, 0.1) is 11.0 Å². The minimum Gasteiger partial charge on any atom is -0.447 e. The lowest BCUT2D eigenvalue weighted by atomic mass is 10.1. The number of para-hydroxylation sites is 2. The third kappa shape index (κ3) is 4.28. The number of rotatable bonds is 4. The SMILES string of the molecule is c1ccc(-c2ccc(-n3c4ccccc4c4ccc5c(c43)Oc3ccc4c6ccccc6n(-c6cccc(-c7ccccc7)c6)c4c3O5)cc2)cc1. The second-order valence-electron chi connectivity index (χ2n) is 13.3. The normalized spacial score (nSPS) is 12.2. The van der Waals surface area contributed by atoms with Crippen molar-refractivity contribution in [2.24, 2.45) is 0 Å². The molecule has 0 saturated carbocycles. The lowest BCUT2D eigenvalue weighted by Crippen LogP contribution is -2.04. The van der Waals surface area contributed by atoms with Crippen molar-refractivity contribution in [3.05, 3.63) is 182 Å². The fourth-order valence-electron chi connectivity index (χ4n) is 8.02. The van der Waals surface area contributed by atoms with Crippen LogP contribution in [0.2, 0.25) is 0 Å². The summed E-state index contributed by atoms with van der Waals surface area (Å²) in [5.41, 5.74) is 11.0. The largest absolute Gasteiger partial charge is 0.447 e. The van der Waals surface area contributed by atoms with Crippen LogP contribution in [0.1, 0.15) is 0 Å². The van der Waals surface area contributed by atoms with Crippen LogP contribution in [0, 0.1) is 0 Å². The predicted molar refractivity (Wildman–Crippen MR) is 213 cm³/mol. The summed E-state index contributed by atoms with van der Waals surface area (Å²) in [7, 11) is 0. The van der Waals surface area contributed by atoms with E-state index in [1.165, 1.54) is 16.7 Å². The van der Waals surface area contributed by atoms with Gasteiger partial charge in [-0.1, -0.05) is 121 Å². The first-order valence-corrected chi connectivity index (χ1v) is 17.6. The van der Waals surface area contributed by atoms with Crippen LogP contribution in [0.15, 0.2) is 182 Å². The van der Waals surface area contributed by atoms with E-state index in [-0.39, 0.29) is 0 Å². The van der Waals surface area contributed by atoms with Gasteiger partial charge in [-0.3, -0.25) is 0 Å². The monoisotopic (exact) mass is 666 g/mol. The molecule has 4 heteroatoms. The van der Waals surface area contributed by atoms with Crippen LogP contribution in [0.5, 0.6) is 23.0 Å². The van der Waals surface area contributed by atoms with Gasteiger partial charge in [-0.25, -0.2) is 0 Å². The van der Waals surface area contributed by atoms with Crippen molar-refractivity contribution in [3.63, 3.8) is 0 Å². The Morgan fingerprint density at radius 1 is 0.308 bits per heavy atom. The van der Waals surface area contributed by atoms with Crippen molar-refractivity contribution in [2.45, 2.75) is 0 Å². The number of benzene rings is 8. The van der Waals surface area contributed by atoms with Gasteiger partial charge in [0.2, 0.25) is 0 Å². The van der Waals surface area contributed by atoms with Crippen molar-refractivity contribution in [2.75, 3.05) is 0 Å². The first-order valence-electron chi connectivity index (χ1n) is 17.6. The molecule has 0 aliphatic carbocycles. The van der Waals surface area contributed by atoms with E-state index in [9.17, 15) is 0 Å². The average molecular weight is 667 g/mol. The molecule has 0 atom stereocenters. The maximum atomic E-state index is 7.01. The molecule has 0 amide bonds. The molecule has 11 rings (SSSR count). The van der Waals surface area contributed by atoms with Crippen LogP contribution in [-0.4, -0.2) is 9.13 Å². The number of fused-ring (bicyclic) bond motifs is 10. The highest BCUT2D eigenvalue weighted by atomic mass is 16.6. The van der Waals surface area contributed by atoms with Crippen LogP contribution in [0.25, 0.3) is 77.2 Å². The minimum absolute atomic E-state index is 0.687. The maximum absolute atomic E-state index is 7.01. The molecule has 8 aromatic carbocycles. The summed E-state index contributed by atoms with van der Waals surface area (Å²) in [5, 5.41) is 4.55. The molecule has 0 unspecified atom stereocenters. The smallest absolute Gasteiger partial charge is 0.194 e. The third-order valence-corrected chi connectivity index (χ3v) is 10.4. The van der Waals surface area contributed by atoms with E-state index in [1.54, 1.807) is 0 Å². The van der Waals surface area contributed by atoms with Crippen molar-refractivity contribution in [3.8, 4) is 56.6 Å². The Kier molecular flexibility index (Phi) is 6.22. The van der Waals surface area contributed by atoms with Crippen molar-refractivity contribution in [1.82, 2.24) is 9.13 Å². The van der Waals surface area contributed by atoms with Crippen molar-refractivity contribution >= 4 is 43.6 Å². The molecule has 2 aromatic heterocycles. The van der Waals surface area contributed by atoms with E-state index < -0.39 is 0 Å². The molecule has 1 aliphatic rings. The zero-order valence-corrected chi connectivity index (χ0v) is 28.0. The Morgan fingerprint density at radius 3 is 1.35 bits per heavy atom. The minimum atomic E-state index is 0.687. The van der Waals surface area contributed by atoms with E-state index in [0.29, 0.717) is 23.0 Å². The molecule has 52 heavy (non-hydrogen) atoms. The second kappa shape index (κ2) is 11.2. The lowest BCUT2D eigenvalue weighted by Gasteiger charge is -2.24. The molecule has 244 valence electrons. The van der Waals surface area contributed by atoms with E-state index >= 15 is 0 Å². The molecular weight excluding hydrogens is 637 g/mol. The Labute approximate surface area is 300 Å². The van der Waals surface area contributed by atoms with Crippen molar-refractivity contribution < 1.29 is 9.47 Å². The van der Waals surface area contributed by atoms with Gasteiger partial charge in [0.15, 0.2) is 23.0 Å². The molecule has 0 fully saturated rings. The van der Waals surface area contributed by atoms with E-state index in [0.717, 1.165) is 60.5 Å². The first-order chi connectivity index (χ1) is 25.8. The summed E-state index contributed by atoms with van der Waals surface area (Å²) < 4.78 is 18.6. The highest BCUT2D eigenvalue weighted by molar-refractivity contribution is 6.14. The summed E-state index contributed by atoms with van der Waals surface area (Å²) in [6.07, 6.45) is 0. The zero-order valence-electron chi connectivity index (χ0n) is 28.0. The lowest BCUT2D eigenvalue weighted by molar-refractivity contribution is 0.365. The highest BCUT2D eigenvalue weighted by Crippen LogP contribution is 2.54. The molecule has 3 heterocycles. The number of nitrogens with zero attached hydrogens (tertiary/aromatic N) is 2. The fraction of sp³-hybridized carbons (Fsp3) is 0. The van der Waals surface area contributed by atoms with Gasteiger partial charge >= 0.3 is 0 Å². The van der Waals surface area contributed by atoms with Crippen LogP contribution in [0.4, 0.5) is 0 Å². The topological polar surface area (TPSA) is 28.3 Å². The Hall–Kier alpha value is -7.04.